The first-order valence-corrected chi connectivity index (χ1v) is 43.2. The van der Waals surface area contributed by atoms with E-state index < -0.39 is 216 Å². The van der Waals surface area contributed by atoms with E-state index in [2.05, 4.69) is 54.8 Å². The van der Waals surface area contributed by atoms with Gasteiger partial charge in [-0.3, -0.25) is 38.4 Å². The molecule has 6 aromatic rings. The highest BCUT2D eigenvalue weighted by molar-refractivity contribution is 6.32. The van der Waals surface area contributed by atoms with Crippen LogP contribution in [0.25, 0.3) is 11.1 Å². The van der Waals surface area contributed by atoms with Crippen LogP contribution in [-0.2, 0) is 59.0 Å². The zero-order valence-electron chi connectivity index (χ0n) is 71.0. The third kappa shape index (κ3) is 20.4. The molecule has 6 aromatic carbocycles. The average molecular weight is 1780 g/mol. The van der Waals surface area contributed by atoms with Gasteiger partial charge in [0.15, 0.2) is 23.9 Å². The number of nitrogens with two attached hydrogens (primary N) is 2. The van der Waals surface area contributed by atoms with Crippen LogP contribution in [-0.4, -0.2) is 206 Å². The minimum Gasteiger partial charge on any atom is -0.507 e. The highest BCUT2D eigenvalue weighted by Gasteiger charge is 2.53. The number of hydrogen-bond acceptors (Lipinski definition) is 27. The molecule has 4 aliphatic carbocycles. The van der Waals surface area contributed by atoms with E-state index >= 15 is 28.8 Å². The minimum atomic E-state index is -2.33. The topological polar surface area (TPSA) is 550 Å². The quantitative estimate of drug-likeness (QED) is 0.0418. The van der Waals surface area contributed by atoms with E-state index in [1.54, 1.807) is 0 Å². The number of nitrogens with one attached hydrogen (secondary N) is 9. The molecule has 4 saturated carbocycles. The van der Waals surface area contributed by atoms with E-state index in [9.17, 15) is 55.2 Å². The van der Waals surface area contributed by atoms with Crippen molar-refractivity contribution in [1.82, 2.24) is 47.9 Å². The second-order valence-electron chi connectivity index (χ2n) is 35.1. The Morgan fingerprint density at radius 1 is 0.693 bits per heavy atom. The highest BCUT2D eigenvalue weighted by atomic mass is 35.5. The van der Waals surface area contributed by atoms with E-state index in [0.717, 1.165) is 86.9 Å². The zero-order valence-corrected chi connectivity index (χ0v) is 71.8. The molecule has 0 radical (unpaired) electrons. The first kappa shape index (κ1) is 92.2. The number of halogens is 1. The Balaban J connectivity index is 0.938. The molecule has 2 saturated heterocycles. The number of aryl methyl sites for hydroxylation is 1. The smallest absolute Gasteiger partial charge is 0.412 e. The molecule has 6 fully saturated rings. The van der Waals surface area contributed by atoms with Crippen molar-refractivity contribution in [3.05, 3.63) is 147 Å². The number of phenolic OH excluding ortho intramolecular Hbond substituents is 2. The van der Waals surface area contributed by atoms with Crippen LogP contribution >= 0.6 is 11.6 Å². The predicted octanol–water partition coefficient (Wildman–Crippen LogP) is 4.42. The van der Waals surface area contributed by atoms with Crippen LogP contribution in [0.5, 0.6) is 51.7 Å². The van der Waals surface area contributed by atoms with Crippen LogP contribution in [0, 0.1) is 36.5 Å². The Morgan fingerprint density at radius 3 is 1.99 bits per heavy atom. The van der Waals surface area contributed by atoms with Gasteiger partial charge in [-0.05, 0) is 214 Å². The number of benzene rings is 6. The first-order chi connectivity index (χ1) is 60.5. The van der Waals surface area contributed by atoms with Crippen molar-refractivity contribution in [2.24, 2.45) is 41.1 Å². The molecule has 17 rings (SSSR count). The van der Waals surface area contributed by atoms with Gasteiger partial charge in [0, 0.05) is 41.7 Å². The molecule has 7 aliphatic heterocycles. The molecule has 0 unspecified atom stereocenters. The molecule has 7 heterocycles. The Kier molecular flexibility index (Phi) is 28.2. The van der Waals surface area contributed by atoms with Gasteiger partial charge in [0.25, 0.3) is 0 Å². The number of hydrogen-bond donors (Lipinski definition) is 19. The van der Waals surface area contributed by atoms with Gasteiger partial charge in [0.1, 0.15) is 101 Å². The van der Waals surface area contributed by atoms with E-state index in [-0.39, 0.29) is 98.4 Å². The average Bonchev–Trinajstić information content (AvgIpc) is 0.759. The number of primary amides is 1. The molecular formula is C90H110ClN11O25. The lowest BCUT2D eigenvalue weighted by Gasteiger charge is -2.54. The highest BCUT2D eigenvalue weighted by Crippen LogP contribution is 2.55. The number of fused-ring (bicyclic) bond motifs is 15. The molecule has 0 spiro atoms. The van der Waals surface area contributed by atoms with Gasteiger partial charge < -0.3 is 138 Å². The number of unbranched alkanes of at least 4 members (excludes halogenated alkanes) is 1. The fourth-order valence-corrected chi connectivity index (χ4v) is 18.9. The summed E-state index contributed by atoms with van der Waals surface area (Å²) >= 11 is 7.32. The van der Waals surface area contributed by atoms with Gasteiger partial charge in [-0.1, -0.05) is 69.1 Å². The lowest BCUT2D eigenvalue weighted by atomic mass is 9.54. The van der Waals surface area contributed by atoms with Crippen LogP contribution in [0.4, 0.5) is 4.79 Å². The van der Waals surface area contributed by atoms with E-state index in [1.807, 2.05) is 38.1 Å². The van der Waals surface area contributed by atoms with E-state index in [1.165, 1.54) is 70.3 Å². The molecule has 11 aliphatic rings. The van der Waals surface area contributed by atoms with Gasteiger partial charge in [0.05, 0.1) is 42.9 Å². The number of phenols is 2. The summed E-state index contributed by atoms with van der Waals surface area (Å²) in [5.41, 5.74) is 10.1. The SMILES string of the molecule is CCCCOc1ccc(CCNC(=O)Oc2cc(O)c3c(c2)[C@@H](C(=O)NC2C4CC5CC(C4)CC2C5)NC(=O)[C@H]2NC(=O)[C@H](NC(=O)[C@@H]4NC(=O)[C@H](CC(N)=O)NC(=O)[C@H](NC(=O)[C@@H](CC(C)C)NC)[C@H](O)c5ccc(c(C)c5)Oc5cc4cc(c5O[C@@H]4O[C@H](CO)[C@@H](O)[C@H](O)[C@H]4O[C@H]4C[C@](C)(N)[C@H](O)[C@H](C)O4)Oc4ccc(cc4Cl)[C@H]2O)c2ccc(O)c-3c2)cc1. The monoisotopic (exact) mass is 1780 g/mol. The molecule has 21 N–H and O–H groups in total. The lowest BCUT2D eigenvalue weighted by molar-refractivity contribution is -0.333. The summed E-state index contributed by atoms with van der Waals surface area (Å²) < 4.78 is 51.0. The van der Waals surface area contributed by atoms with Crippen LogP contribution < -0.4 is 83.0 Å². The van der Waals surface area contributed by atoms with Gasteiger partial charge in [-0.2, -0.15) is 0 Å². The Labute approximate surface area is 736 Å². The molecule has 127 heavy (non-hydrogen) atoms. The second-order valence-corrected chi connectivity index (χ2v) is 35.5. The zero-order chi connectivity index (χ0) is 90.9. The maximum absolute atomic E-state index is 16.6. The number of carbonyl (C=O) groups is 9. The van der Waals surface area contributed by atoms with Crippen LogP contribution in [0.2, 0.25) is 5.02 Å². The van der Waals surface area contributed by atoms with Crippen molar-refractivity contribution >= 4 is 65.0 Å². The lowest BCUT2D eigenvalue weighted by Crippen LogP contribution is -2.64. The summed E-state index contributed by atoms with van der Waals surface area (Å²) in [6.07, 6.45) is -12.9. The molecule has 0 aromatic heterocycles. The number of carbonyl (C=O) groups excluding carboxylic acids is 9. The molecule has 9 amide bonds. The largest absolute Gasteiger partial charge is 0.507 e. The number of aromatic hydroxyl groups is 2. The Bertz CT molecular complexity index is 5110. The molecular weight excluding hydrogens is 1670 g/mol. The summed E-state index contributed by atoms with van der Waals surface area (Å²) in [5.74, 6) is -12.0. The van der Waals surface area contributed by atoms with Gasteiger partial charge in [-0.15, -0.1) is 0 Å². The summed E-state index contributed by atoms with van der Waals surface area (Å²) in [4.78, 5) is 137. The third-order valence-corrected chi connectivity index (χ3v) is 25.4. The molecule has 36 nitrogen and oxygen atoms in total. The van der Waals surface area contributed by atoms with Crippen molar-refractivity contribution in [2.45, 2.75) is 227 Å². The van der Waals surface area contributed by atoms with Gasteiger partial charge in [0.2, 0.25) is 59.3 Å². The van der Waals surface area contributed by atoms with Crippen LogP contribution in [0.1, 0.15) is 168 Å². The third-order valence-electron chi connectivity index (χ3n) is 25.1. The number of ether oxygens (including phenoxy) is 8. The van der Waals surface area contributed by atoms with Crippen molar-refractivity contribution in [3.8, 4) is 62.9 Å². The van der Waals surface area contributed by atoms with Crippen molar-refractivity contribution < 1.29 is 122 Å². The normalized spacial score (nSPS) is 30.0. The minimum absolute atomic E-state index is 0.0249. The van der Waals surface area contributed by atoms with E-state index in [4.69, 9.17) is 61.0 Å². The fourth-order valence-electron chi connectivity index (χ4n) is 18.7. The summed E-state index contributed by atoms with van der Waals surface area (Å²) in [7, 11) is 1.50. The van der Waals surface area contributed by atoms with Crippen LogP contribution in [0.15, 0.2) is 103 Å². The molecule has 15 bridgehead atoms. The molecule has 18 atom stereocenters. The van der Waals surface area contributed by atoms with Crippen LogP contribution in [0.3, 0.4) is 0 Å². The number of likely N-dealkylation sites (N-methyl/N-ethyl adjacent to an activating group) is 1. The number of rotatable bonds is 22. The summed E-state index contributed by atoms with van der Waals surface area (Å²) in [5, 5.41) is 120. The predicted molar refractivity (Wildman–Crippen MR) is 453 cm³/mol. The summed E-state index contributed by atoms with van der Waals surface area (Å²) in [6, 6.07) is 8.55. The molecule has 37 heteroatoms. The standard InChI is InChI=1S/C90H110ClN11O25/c1-8-9-22-120-51-15-10-42(11-16-51)20-21-95-89(119)122-52-34-54-67(59(105)35-52)53-30-45(12-17-58(53)104)69-83(114)102-73(87(118)100-71(54)85(116)97-68-48-26-43-25-44(28-48)29-49(68)27-43)75(108)47-14-19-61(55(91)31-47)124-63-33-50-32-62(78(63)127-88-79(77(110)76(109)64(38-103)125-88)126-66-37-90(6,93)80(111)41(5)121-66)123-60-18-13-46(24-40(60)4)74(107)72(101-81(112)56(94-7)23-39(2)3)86(117)96-57(36-65(92)106)82(113)98-70(50)84(115)99-69/h10-19,24,30-35,39,41,43-44,48-49,56-57,64,66,68-77,79-80,88,94,103-105,107-111H,8-9,20-23,25-29,36-38,93H2,1-7H3,(H2,92,106)(H,95,119)(H,96,117)(H,97,116)(H,98,113)(H,99,115)(H,100,118)(H,101,112)(H,102,114)/t41-,43?,44?,48?,49?,56+,57-,64+,66-,68?,69+,70+,71-,72+,73-,74+,75+,76+,77-,79+,80+,88-,90-/m0/s1. The van der Waals surface area contributed by atoms with E-state index in [0.29, 0.717) is 30.6 Å². The van der Waals surface area contributed by atoms with Crippen molar-refractivity contribution in [3.63, 3.8) is 0 Å². The first-order valence-electron chi connectivity index (χ1n) is 42.9. The molecule has 682 valence electrons. The van der Waals surface area contributed by atoms with Crippen molar-refractivity contribution in [2.75, 3.05) is 26.8 Å². The maximum Gasteiger partial charge on any atom is 0.412 e. The maximum atomic E-state index is 16.6. The number of aliphatic hydroxyl groups is 6. The van der Waals surface area contributed by atoms with Gasteiger partial charge in [-0.25, -0.2) is 4.79 Å². The Morgan fingerprint density at radius 2 is 1.35 bits per heavy atom. The second kappa shape index (κ2) is 38.9. The number of aliphatic hydroxyl groups excluding tert-OH is 6. The fraction of sp³-hybridized carbons (Fsp3) is 0.500. The van der Waals surface area contributed by atoms with Crippen molar-refractivity contribution in [1.29, 1.82) is 0 Å². The van der Waals surface area contributed by atoms with Gasteiger partial charge >= 0.3 is 6.09 Å². The summed E-state index contributed by atoms with van der Waals surface area (Å²) in [6.45, 7) is 9.95. The Hall–Kier alpha value is -11.0. The number of amides is 9.